The van der Waals surface area contributed by atoms with Gasteiger partial charge in [0.15, 0.2) is 0 Å². The van der Waals surface area contributed by atoms with E-state index in [0.29, 0.717) is 19.7 Å². The Morgan fingerprint density at radius 1 is 1.41 bits per heavy atom. The zero-order valence-electron chi connectivity index (χ0n) is 12.2. The number of halogens is 3. The van der Waals surface area contributed by atoms with Crippen molar-refractivity contribution in [2.45, 2.75) is 25.2 Å². The summed E-state index contributed by atoms with van der Waals surface area (Å²) < 4.78 is 49.0. The van der Waals surface area contributed by atoms with Gasteiger partial charge >= 0.3 is 12.1 Å². The van der Waals surface area contributed by atoms with Crippen molar-refractivity contribution in [3.8, 4) is 0 Å². The first-order valence-corrected chi connectivity index (χ1v) is 6.96. The molecule has 1 fully saturated rings. The van der Waals surface area contributed by atoms with Crippen LogP contribution in [0.25, 0.3) is 0 Å². The number of nitrogens with zero attached hydrogens (tertiary/aromatic N) is 1. The Morgan fingerprint density at radius 2 is 2.14 bits per heavy atom. The molecule has 0 bridgehead atoms. The molecule has 1 aromatic rings. The fraction of sp³-hybridized carbons (Fsp3) is 0.533. The third kappa shape index (κ3) is 4.45. The first kappa shape index (κ1) is 16.8. The van der Waals surface area contributed by atoms with Crippen LogP contribution in [0.5, 0.6) is 0 Å². The number of rotatable bonds is 4. The van der Waals surface area contributed by atoms with E-state index in [0.717, 1.165) is 6.07 Å². The molecule has 1 saturated heterocycles. The second-order valence-corrected chi connectivity index (χ2v) is 5.16. The second-order valence-electron chi connectivity index (χ2n) is 5.16. The van der Waals surface area contributed by atoms with Gasteiger partial charge in [-0.3, -0.25) is 9.69 Å². The molecular formula is C15H18F3NO3. The van der Waals surface area contributed by atoms with E-state index in [-0.39, 0.29) is 30.6 Å². The fourth-order valence-electron chi connectivity index (χ4n) is 2.49. The first-order valence-electron chi connectivity index (χ1n) is 6.96. The molecule has 1 aromatic carbocycles. The van der Waals surface area contributed by atoms with Crippen molar-refractivity contribution in [3.63, 3.8) is 0 Å². The summed E-state index contributed by atoms with van der Waals surface area (Å²) in [5.74, 6) is -0.387. The highest BCUT2D eigenvalue weighted by Crippen LogP contribution is 2.32. The van der Waals surface area contributed by atoms with Crippen molar-refractivity contribution >= 4 is 5.97 Å². The summed E-state index contributed by atoms with van der Waals surface area (Å²) in [5.41, 5.74) is -0.389. The van der Waals surface area contributed by atoms with Crippen molar-refractivity contribution < 1.29 is 27.4 Å². The van der Waals surface area contributed by atoms with Crippen molar-refractivity contribution in [2.24, 2.45) is 0 Å². The SMILES string of the molecule is COC(=O)CC1CN(Cc2ccccc2C(F)(F)F)CCO1. The molecule has 0 spiro atoms. The molecule has 0 amide bonds. The van der Waals surface area contributed by atoms with E-state index in [1.807, 2.05) is 4.90 Å². The molecule has 1 atom stereocenters. The molecule has 122 valence electrons. The summed E-state index contributed by atoms with van der Waals surface area (Å²) in [4.78, 5) is 13.1. The number of carbonyl (C=O) groups is 1. The van der Waals surface area contributed by atoms with Crippen molar-refractivity contribution in [2.75, 3.05) is 26.8 Å². The van der Waals surface area contributed by atoms with Gasteiger partial charge in [0, 0.05) is 19.6 Å². The largest absolute Gasteiger partial charge is 0.469 e. The molecule has 0 aromatic heterocycles. The molecule has 7 heteroatoms. The van der Waals surface area contributed by atoms with Crippen LogP contribution in [0, 0.1) is 0 Å². The second kappa shape index (κ2) is 7.11. The summed E-state index contributed by atoms with van der Waals surface area (Å²) in [6, 6.07) is 5.54. The topological polar surface area (TPSA) is 38.8 Å². The van der Waals surface area contributed by atoms with Gasteiger partial charge in [-0.15, -0.1) is 0 Å². The number of benzene rings is 1. The van der Waals surface area contributed by atoms with Gasteiger partial charge in [0.2, 0.25) is 0 Å². The molecule has 1 heterocycles. The molecule has 0 N–H and O–H groups in total. The average molecular weight is 317 g/mol. The smallest absolute Gasteiger partial charge is 0.416 e. The van der Waals surface area contributed by atoms with E-state index < -0.39 is 11.7 Å². The molecule has 2 rings (SSSR count). The number of ether oxygens (including phenoxy) is 2. The fourth-order valence-corrected chi connectivity index (χ4v) is 2.49. The van der Waals surface area contributed by atoms with E-state index >= 15 is 0 Å². The molecule has 4 nitrogen and oxygen atoms in total. The average Bonchev–Trinajstić information content (AvgIpc) is 2.47. The Balaban J connectivity index is 2.03. The van der Waals surface area contributed by atoms with Gasteiger partial charge in [-0.1, -0.05) is 18.2 Å². The molecular weight excluding hydrogens is 299 g/mol. The van der Waals surface area contributed by atoms with Crippen LogP contribution in [0.15, 0.2) is 24.3 Å². The van der Waals surface area contributed by atoms with Crippen LogP contribution in [0.4, 0.5) is 13.2 Å². The van der Waals surface area contributed by atoms with Crippen LogP contribution in [0.2, 0.25) is 0 Å². The van der Waals surface area contributed by atoms with Crippen molar-refractivity contribution in [1.82, 2.24) is 4.90 Å². The van der Waals surface area contributed by atoms with E-state index in [1.165, 1.54) is 19.2 Å². The maximum absolute atomic E-state index is 13.0. The van der Waals surface area contributed by atoms with Crippen molar-refractivity contribution in [1.29, 1.82) is 0 Å². The Bertz CT molecular complexity index is 519. The number of carbonyl (C=O) groups excluding carboxylic acids is 1. The maximum atomic E-state index is 13.0. The highest BCUT2D eigenvalue weighted by atomic mass is 19.4. The van der Waals surface area contributed by atoms with Crippen LogP contribution in [0.1, 0.15) is 17.5 Å². The predicted molar refractivity (Wildman–Crippen MR) is 73.1 cm³/mol. The Labute approximate surface area is 126 Å². The summed E-state index contributed by atoms with van der Waals surface area (Å²) in [6.07, 6.45) is -4.61. The van der Waals surface area contributed by atoms with Gasteiger partial charge in [-0.25, -0.2) is 0 Å². The summed E-state index contributed by atoms with van der Waals surface area (Å²) in [7, 11) is 1.29. The monoisotopic (exact) mass is 317 g/mol. The molecule has 1 aliphatic rings. The predicted octanol–water partition coefficient (Wildman–Crippen LogP) is 2.47. The Kier molecular flexibility index (Phi) is 5.42. The normalized spacial score (nSPS) is 19.9. The third-order valence-corrected chi connectivity index (χ3v) is 3.56. The van der Waals surface area contributed by atoms with Gasteiger partial charge in [-0.05, 0) is 11.6 Å². The van der Waals surface area contributed by atoms with E-state index in [1.54, 1.807) is 6.07 Å². The molecule has 1 unspecified atom stereocenters. The zero-order valence-corrected chi connectivity index (χ0v) is 12.2. The molecule has 0 aliphatic carbocycles. The summed E-state index contributed by atoms with van der Waals surface area (Å²) >= 11 is 0. The third-order valence-electron chi connectivity index (χ3n) is 3.56. The lowest BCUT2D eigenvalue weighted by Gasteiger charge is -2.33. The number of esters is 1. The van der Waals surface area contributed by atoms with Crippen LogP contribution in [0.3, 0.4) is 0 Å². The summed E-state index contributed by atoms with van der Waals surface area (Å²) in [6.45, 7) is 1.50. The molecule has 0 saturated carbocycles. The van der Waals surface area contributed by atoms with Crippen molar-refractivity contribution in [3.05, 3.63) is 35.4 Å². The van der Waals surface area contributed by atoms with Crippen LogP contribution >= 0.6 is 0 Å². The maximum Gasteiger partial charge on any atom is 0.416 e. The van der Waals surface area contributed by atoms with Gasteiger partial charge < -0.3 is 9.47 Å². The van der Waals surface area contributed by atoms with Gasteiger partial charge in [0.1, 0.15) is 0 Å². The van der Waals surface area contributed by atoms with Gasteiger partial charge in [0.25, 0.3) is 0 Å². The minimum atomic E-state index is -4.37. The molecule has 22 heavy (non-hydrogen) atoms. The highest BCUT2D eigenvalue weighted by Gasteiger charge is 2.33. The Morgan fingerprint density at radius 3 is 2.82 bits per heavy atom. The number of hydrogen-bond acceptors (Lipinski definition) is 4. The number of alkyl halides is 3. The number of hydrogen-bond donors (Lipinski definition) is 0. The van der Waals surface area contributed by atoms with Crippen LogP contribution < -0.4 is 0 Å². The first-order chi connectivity index (χ1) is 10.4. The Hall–Kier alpha value is -1.60. The molecule has 0 radical (unpaired) electrons. The lowest BCUT2D eigenvalue weighted by Crippen LogP contribution is -2.43. The van der Waals surface area contributed by atoms with Gasteiger partial charge in [-0.2, -0.15) is 13.2 Å². The van der Waals surface area contributed by atoms with Crippen LogP contribution in [-0.2, 0) is 27.0 Å². The lowest BCUT2D eigenvalue weighted by atomic mass is 10.1. The summed E-state index contributed by atoms with van der Waals surface area (Å²) in [5, 5.41) is 0. The highest BCUT2D eigenvalue weighted by molar-refractivity contribution is 5.69. The molecule has 1 aliphatic heterocycles. The quantitative estimate of drug-likeness (QED) is 0.800. The van der Waals surface area contributed by atoms with E-state index in [2.05, 4.69) is 4.74 Å². The number of methoxy groups -OCH3 is 1. The van der Waals surface area contributed by atoms with Gasteiger partial charge in [0.05, 0.1) is 31.8 Å². The lowest BCUT2D eigenvalue weighted by molar-refractivity contribution is -0.145. The van der Waals surface area contributed by atoms with E-state index in [4.69, 9.17) is 4.74 Å². The van der Waals surface area contributed by atoms with E-state index in [9.17, 15) is 18.0 Å². The van der Waals surface area contributed by atoms with Crippen LogP contribution in [-0.4, -0.2) is 43.8 Å². The number of morpholine rings is 1. The standard InChI is InChI=1S/C15H18F3NO3/c1-21-14(20)8-12-10-19(6-7-22-12)9-11-4-2-3-5-13(11)15(16,17)18/h2-5,12H,6-10H2,1H3. The minimum absolute atomic E-state index is 0.105. The zero-order chi connectivity index (χ0) is 16.2. The minimum Gasteiger partial charge on any atom is -0.469 e.